The molecule has 0 bridgehead atoms. The summed E-state index contributed by atoms with van der Waals surface area (Å²) in [6.45, 7) is 14.3. The molecule has 0 aromatic heterocycles. The van der Waals surface area contributed by atoms with Crippen molar-refractivity contribution in [3.8, 4) is 23.0 Å². The van der Waals surface area contributed by atoms with Crippen molar-refractivity contribution >= 4 is 52.4 Å². The molecule has 16 nitrogen and oxygen atoms in total. The molecule has 2 saturated carbocycles. The summed E-state index contributed by atoms with van der Waals surface area (Å²) in [7, 11) is 0. The Morgan fingerprint density at radius 3 is 1.43 bits per heavy atom. The molecule has 2 fully saturated rings. The molecule has 4 heterocycles. The van der Waals surface area contributed by atoms with Gasteiger partial charge in [-0.2, -0.15) is 0 Å². The number of ether oxygens (including phenoxy) is 5. The van der Waals surface area contributed by atoms with Crippen molar-refractivity contribution in [3.63, 3.8) is 0 Å². The third-order valence-electron chi connectivity index (χ3n) is 13.9. The molecule has 0 saturated heterocycles. The molecular formula is C52H62N6O10. The van der Waals surface area contributed by atoms with Gasteiger partial charge in [0.2, 0.25) is 31.3 Å². The summed E-state index contributed by atoms with van der Waals surface area (Å²) in [6, 6.07) is 24.3. The van der Waals surface area contributed by atoms with Crippen molar-refractivity contribution in [1.82, 2.24) is 5.32 Å². The van der Waals surface area contributed by atoms with Crippen LogP contribution in [0.15, 0.2) is 72.8 Å². The molecule has 2 aliphatic carbocycles. The molecule has 0 radical (unpaired) electrons. The molecule has 6 aliphatic rings. The first-order valence-electron chi connectivity index (χ1n) is 23.2. The van der Waals surface area contributed by atoms with Crippen molar-refractivity contribution in [3.05, 3.63) is 95.1 Å². The van der Waals surface area contributed by atoms with E-state index in [0.29, 0.717) is 24.9 Å². The summed E-state index contributed by atoms with van der Waals surface area (Å²) in [5.41, 5.74) is 13.1. The van der Waals surface area contributed by atoms with Gasteiger partial charge in [-0.1, -0.05) is 39.8 Å². The highest BCUT2D eigenvalue weighted by atomic mass is 16.7. The maximum atomic E-state index is 13.2. The Balaban J connectivity index is 0.000000162. The number of amides is 3. The molecule has 3 amide bonds. The third kappa shape index (κ3) is 10.2. The van der Waals surface area contributed by atoms with E-state index < -0.39 is 22.8 Å². The van der Waals surface area contributed by atoms with Crippen LogP contribution in [0.5, 0.6) is 23.0 Å². The molecule has 7 N–H and O–H groups in total. The number of carbonyl (C=O) groups excluding carboxylic acids is 5. The largest absolute Gasteiger partial charge is 0.454 e. The van der Waals surface area contributed by atoms with Crippen LogP contribution in [0.2, 0.25) is 0 Å². The third-order valence-corrected chi connectivity index (χ3v) is 13.9. The molecule has 68 heavy (non-hydrogen) atoms. The highest BCUT2D eigenvalue weighted by molar-refractivity contribution is 6.02. The smallest absolute Gasteiger partial charge is 0.310 e. The standard InChI is InChI=1S/C25H29N3O4.C23H27N3O3.C4H6O3/c1-15(29)26-13-24(2,3)22-11-16-10-18(5-6-19(16)28-22)27-23(30)25(8-9-25)17-4-7-20-21(12-17)32-14-31-20;1-22(2,12-24)20-10-14-9-16(4-5-17(14)26-20)25-21(27)23(7-8-23)15-3-6-18-19(11-15)29-13-28-18;1-3(5)7-4(2)6/h4-7,10,12,22,28H,8-9,11,13-14H2,1-3H3,(H,26,29)(H,27,30);3-6,9,11,20,26H,7-8,10,12-13,24H2,1-2H3,(H,25,27);1-2H3/t22-;20-;/m00./s1. The Hall–Kier alpha value is -6.81. The fourth-order valence-electron chi connectivity index (χ4n) is 9.08. The molecule has 2 atom stereocenters. The number of esters is 2. The van der Waals surface area contributed by atoms with E-state index in [1.165, 1.54) is 31.9 Å². The van der Waals surface area contributed by atoms with Crippen LogP contribution in [-0.2, 0) is 52.4 Å². The molecule has 10 rings (SSSR count). The minimum Gasteiger partial charge on any atom is -0.454 e. The number of anilines is 4. The highest BCUT2D eigenvalue weighted by Crippen LogP contribution is 2.52. The maximum absolute atomic E-state index is 13.2. The van der Waals surface area contributed by atoms with Crippen molar-refractivity contribution in [2.75, 3.05) is 47.9 Å². The number of rotatable bonds is 11. The van der Waals surface area contributed by atoms with Crippen LogP contribution >= 0.6 is 0 Å². The van der Waals surface area contributed by atoms with Crippen molar-refractivity contribution in [1.29, 1.82) is 0 Å². The van der Waals surface area contributed by atoms with E-state index in [1.54, 1.807) is 0 Å². The van der Waals surface area contributed by atoms with Gasteiger partial charge in [-0.05, 0) is 133 Å². The van der Waals surface area contributed by atoms with E-state index in [0.717, 1.165) is 89.6 Å². The topological polar surface area (TPSA) is 218 Å². The Bertz CT molecular complexity index is 2620. The van der Waals surface area contributed by atoms with Gasteiger partial charge in [0.25, 0.3) is 0 Å². The number of hydrogen-bond donors (Lipinski definition) is 6. The van der Waals surface area contributed by atoms with Crippen molar-refractivity contribution in [2.45, 2.75) is 110 Å². The number of fused-ring (bicyclic) bond motifs is 4. The predicted molar refractivity (Wildman–Crippen MR) is 257 cm³/mol. The maximum Gasteiger partial charge on any atom is 0.310 e. The fraction of sp³-hybridized carbons (Fsp3) is 0.442. The molecule has 16 heteroatoms. The van der Waals surface area contributed by atoms with Gasteiger partial charge >= 0.3 is 11.9 Å². The van der Waals surface area contributed by atoms with Gasteiger partial charge in [0.05, 0.1) is 10.8 Å². The molecule has 4 aromatic carbocycles. The van der Waals surface area contributed by atoms with Crippen LogP contribution in [0, 0.1) is 10.8 Å². The van der Waals surface area contributed by atoms with Crippen LogP contribution in [-0.4, -0.2) is 68.4 Å². The Morgan fingerprint density at radius 1 is 0.618 bits per heavy atom. The second-order valence-electron chi connectivity index (χ2n) is 19.9. The molecule has 360 valence electrons. The number of nitrogens with one attached hydrogen (secondary N) is 5. The Morgan fingerprint density at radius 2 is 1.04 bits per heavy atom. The van der Waals surface area contributed by atoms with Gasteiger partial charge in [-0.25, -0.2) is 0 Å². The first kappa shape index (κ1) is 47.7. The Labute approximate surface area is 396 Å². The van der Waals surface area contributed by atoms with Crippen molar-refractivity contribution in [2.24, 2.45) is 16.6 Å². The van der Waals surface area contributed by atoms with Gasteiger partial charge in [-0.3, -0.25) is 24.0 Å². The number of nitrogens with two attached hydrogens (primary N) is 1. The van der Waals surface area contributed by atoms with Gasteiger partial charge in [0, 0.05) is 67.6 Å². The molecule has 4 aliphatic heterocycles. The average molecular weight is 931 g/mol. The van der Waals surface area contributed by atoms with E-state index >= 15 is 0 Å². The monoisotopic (exact) mass is 930 g/mol. The SMILES string of the molecule is CC(=O)NCC(C)(C)[C@@H]1Cc2cc(NC(=O)C3(c4ccc5c(c4)OCO5)CC3)ccc2N1.CC(=O)OC(C)=O.CC(C)(CN)[C@@H]1Cc2cc(NC(=O)C3(c4ccc5c(c4)OCO5)CC3)ccc2N1. The molecular weight excluding hydrogens is 869 g/mol. The van der Waals surface area contributed by atoms with Gasteiger partial charge in [0.1, 0.15) is 0 Å². The van der Waals surface area contributed by atoms with E-state index in [4.69, 9.17) is 24.7 Å². The van der Waals surface area contributed by atoms with E-state index in [1.807, 2.05) is 54.6 Å². The number of benzene rings is 4. The minimum atomic E-state index is -0.562. The lowest BCUT2D eigenvalue weighted by Gasteiger charge is -2.32. The van der Waals surface area contributed by atoms with E-state index in [-0.39, 0.29) is 48.2 Å². The summed E-state index contributed by atoms with van der Waals surface area (Å²) in [4.78, 5) is 57.3. The summed E-state index contributed by atoms with van der Waals surface area (Å²) in [6.07, 6.45) is 5.10. The van der Waals surface area contributed by atoms with E-state index in [2.05, 4.69) is 77.2 Å². The van der Waals surface area contributed by atoms with E-state index in [9.17, 15) is 24.0 Å². The second kappa shape index (κ2) is 18.7. The Kier molecular flexibility index (Phi) is 13.1. The first-order valence-corrected chi connectivity index (χ1v) is 23.2. The summed E-state index contributed by atoms with van der Waals surface area (Å²) in [5, 5.41) is 16.4. The normalized spacial score (nSPS) is 18.9. The minimum absolute atomic E-state index is 0.0137. The van der Waals surface area contributed by atoms with Crippen LogP contribution < -0.4 is 51.3 Å². The highest BCUT2D eigenvalue weighted by Gasteiger charge is 2.53. The predicted octanol–water partition coefficient (Wildman–Crippen LogP) is 7.09. The van der Waals surface area contributed by atoms with Crippen molar-refractivity contribution < 1.29 is 47.7 Å². The quantitative estimate of drug-likeness (QED) is 0.0655. The van der Waals surface area contributed by atoms with Gasteiger partial charge in [-0.15, -0.1) is 0 Å². The zero-order valence-electron chi connectivity index (χ0n) is 39.8. The summed E-state index contributed by atoms with van der Waals surface area (Å²) >= 11 is 0. The lowest BCUT2D eigenvalue weighted by molar-refractivity contribution is -0.156. The zero-order chi connectivity index (χ0) is 48.6. The lowest BCUT2D eigenvalue weighted by atomic mass is 9.82. The lowest BCUT2D eigenvalue weighted by Crippen LogP contribution is -2.43. The summed E-state index contributed by atoms with van der Waals surface area (Å²) in [5.74, 6) is 1.82. The average Bonchev–Trinajstić information content (AvgIpc) is 3.99. The van der Waals surface area contributed by atoms with Gasteiger partial charge < -0.3 is 56.0 Å². The second-order valence-corrected chi connectivity index (χ2v) is 19.9. The fourth-order valence-corrected chi connectivity index (χ4v) is 9.08. The zero-order valence-corrected chi connectivity index (χ0v) is 39.8. The number of carbonyl (C=O) groups is 5. The van der Waals surface area contributed by atoms with Crippen LogP contribution in [0.25, 0.3) is 0 Å². The van der Waals surface area contributed by atoms with Crippen LogP contribution in [0.3, 0.4) is 0 Å². The number of hydrogen-bond acceptors (Lipinski definition) is 13. The molecule has 4 aromatic rings. The summed E-state index contributed by atoms with van der Waals surface area (Å²) < 4.78 is 25.7. The van der Waals surface area contributed by atoms with Gasteiger partial charge in [0.15, 0.2) is 23.0 Å². The first-order chi connectivity index (χ1) is 32.3. The van der Waals surface area contributed by atoms with Crippen LogP contribution in [0.1, 0.15) is 96.4 Å². The van der Waals surface area contributed by atoms with Crippen LogP contribution in [0.4, 0.5) is 22.7 Å². The molecule has 0 unspecified atom stereocenters. The molecule has 0 spiro atoms.